The van der Waals surface area contributed by atoms with Crippen LogP contribution in [0.25, 0.3) is 0 Å². The minimum absolute atomic E-state index is 0.0515. The molecule has 1 atom stereocenters. The van der Waals surface area contributed by atoms with E-state index in [9.17, 15) is 9.59 Å². The minimum Gasteiger partial charge on any atom is -0.481 e. The van der Waals surface area contributed by atoms with Gasteiger partial charge in [-0.1, -0.05) is 12.8 Å². The lowest BCUT2D eigenvalue weighted by Crippen LogP contribution is -2.43. The van der Waals surface area contributed by atoms with Crippen molar-refractivity contribution in [3.63, 3.8) is 0 Å². The first-order valence-electron chi connectivity index (χ1n) is 5.91. The third-order valence-corrected chi connectivity index (χ3v) is 3.52. The molecule has 1 amide bonds. The maximum atomic E-state index is 11.8. The van der Waals surface area contributed by atoms with Gasteiger partial charge in [-0.25, -0.2) is 0 Å². The smallest absolute Gasteiger partial charge is 0.309 e. The number of aliphatic carboxylic acids is 1. The van der Waals surface area contributed by atoms with Crippen molar-refractivity contribution in [2.45, 2.75) is 31.7 Å². The summed E-state index contributed by atoms with van der Waals surface area (Å²) < 4.78 is 0. The summed E-state index contributed by atoms with van der Waals surface area (Å²) in [4.78, 5) is 24.6. The number of nitrogens with zero attached hydrogens (tertiary/aromatic N) is 1. The van der Waals surface area contributed by atoms with Crippen LogP contribution in [0.2, 0.25) is 0 Å². The molecule has 2 N–H and O–H groups in total. The fourth-order valence-corrected chi connectivity index (χ4v) is 2.59. The molecule has 1 heterocycles. The van der Waals surface area contributed by atoms with Crippen molar-refractivity contribution in [3.05, 3.63) is 0 Å². The van der Waals surface area contributed by atoms with Crippen LogP contribution in [-0.2, 0) is 9.59 Å². The van der Waals surface area contributed by atoms with Gasteiger partial charge in [-0.05, 0) is 12.8 Å². The lowest BCUT2D eigenvalue weighted by Gasteiger charge is -2.28. The summed E-state index contributed by atoms with van der Waals surface area (Å²) >= 11 is 0. The van der Waals surface area contributed by atoms with Gasteiger partial charge >= 0.3 is 5.97 Å². The van der Waals surface area contributed by atoms with Gasteiger partial charge in [0.15, 0.2) is 0 Å². The summed E-state index contributed by atoms with van der Waals surface area (Å²) in [5, 5.41) is 11.9. The molecule has 16 heavy (non-hydrogen) atoms. The van der Waals surface area contributed by atoms with Crippen molar-refractivity contribution in [3.8, 4) is 0 Å². The van der Waals surface area contributed by atoms with Crippen molar-refractivity contribution < 1.29 is 14.7 Å². The molecule has 1 saturated carbocycles. The van der Waals surface area contributed by atoms with Crippen LogP contribution < -0.4 is 5.32 Å². The predicted octanol–water partition coefficient (Wildman–Crippen LogP) is 0.0616. The second-order valence-electron chi connectivity index (χ2n) is 4.65. The number of nitrogens with one attached hydrogen (secondary N) is 1. The molecule has 0 radical (unpaired) electrons. The van der Waals surface area contributed by atoms with E-state index in [0.717, 1.165) is 25.7 Å². The van der Waals surface area contributed by atoms with Crippen molar-refractivity contribution in [2.75, 3.05) is 19.6 Å². The zero-order valence-electron chi connectivity index (χ0n) is 9.32. The molecular weight excluding hydrogens is 208 g/mol. The fraction of sp³-hybridized carbons (Fsp3) is 0.818. The summed E-state index contributed by atoms with van der Waals surface area (Å²) in [6.45, 7) is 1.04. The molecule has 2 aliphatic rings. The number of amides is 1. The van der Waals surface area contributed by atoms with E-state index in [1.807, 2.05) is 0 Å². The molecule has 5 heteroatoms. The molecule has 1 aliphatic heterocycles. The van der Waals surface area contributed by atoms with E-state index in [2.05, 4.69) is 5.32 Å². The maximum absolute atomic E-state index is 11.8. The zero-order chi connectivity index (χ0) is 11.5. The summed E-state index contributed by atoms with van der Waals surface area (Å²) in [7, 11) is 0. The normalized spacial score (nSPS) is 28.1. The molecule has 0 aromatic carbocycles. The van der Waals surface area contributed by atoms with Crippen LogP contribution in [0, 0.1) is 5.92 Å². The maximum Gasteiger partial charge on any atom is 0.309 e. The quantitative estimate of drug-likeness (QED) is 0.698. The Morgan fingerprint density at radius 2 is 2.06 bits per heavy atom. The van der Waals surface area contributed by atoms with Gasteiger partial charge in [0.2, 0.25) is 5.91 Å². The fourth-order valence-electron chi connectivity index (χ4n) is 2.59. The Kier molecular flexibility index (Phi) is 3.43. The Morgan fingerprint density at radius 1 is 1.38 bits per heavy atom. The molecule has 2 rings (SSSR count). The van der Waals surface area contributed by atoms with Gasteiger partial charge in [0.1, 0.15) is 0 Å². The van der Waals surface area contributed by atoms with E-state index in [0.29, 0.717) is 13.1 Å². The highest BCUT2D eigenvalue weighted by atomic mass is 16.4. The van der Waals surface area contributed by atoms with E-state index in [1.54, 1.807) is 4.90 Å². The number of carbonyl (C=O) groups is 2. The van der Waals surface area contributed by atoms with Gasteiger partial charge in [-0.15, -0.1) is 0 Å². The van der Waals surface area contributed by atoms with E-state index in [4.69, 9.17) is 5.11 Å². The molecule has 0 spiro atoms. The van der Waals surface area contributed by atoms with Crippen molar-refractivity contribution in [1.29, 1.82) is 0 Å². The van der Waals surface area contributed by atoms with Crippen LogP contribution in [0.1, 0.15) is 25.7 Å². The summed E-state index contributed by atoms with van der Waals surface area (Å²) in [5.74, 6) is -1.23. The molecule has 1 saturated heterocycles. The topological polar surface area (TPSA) is 69.6 Å². The first-order chi connectivity index (χ1) is 7.68. The molecule has 0 aromatic rings. The van der Waals surface area contributed by atoms with Crippen molar-refractivity contribution in [2.24, 2.45) is 5.92 Å². The van der Waals surface area contributed by atoms with Crippen LogP contribution in [0.3, 0.4) is 0 Å². The molecule has 0 bridgehead atoms. The van der Waals surface area contributed by atoms with Crippen molar-refractivity contribution >= 4 is 11.9 Å². The highest BCUT2D eigenvalue weighted by molar-refractivity contribution is 5.80. The van der Waals surface area contributed by atoms with Crippen LogP contribution in [-0.4, -0.2) is 47.6 Å². The largest absolute Gasteiger partial charge is 0.481 e. The predicted molar refractivity (Wildman–Crippen MR) is 58.0 cm³/mol. The second-order valence-corrected chi connectivity index (χ2v) is 4.65. The Hall–Kier alpha value is -1.10. The monoisotopic (exact) mass is 226 g/mol. The Morgan fingerprint density at radius 3 is 2.69 bits per heavy atom. The lowest BCUT2D eigenvalue weighted by atomic mass is 10.1. The van der Waals surface area contributed by atoms with E-state index < -0.39 is 11.9 Å². The molecule has 1 unspecified atom stereocenters. The van der Waals surface area contributed by atoms with Gasteiger partial charge in [0.25, 0.3) is 0 Å². The zero-order valence-corrected chi connectivity index (χ0v) is 9.32. The number of carbonyl (C=O) groups excluding carboxylic acids is 1. The highest BCUT2D eigenvalue weighted by Crippen LogP contribution is 2.25. The molecule has 0 aromatic heterocycles. The summed E-state index contributed by atoms with van der Waals surface area (Å²) in [6, 6.07) is 0.272. The molecule has 2 fully saturated rings. The van der Waals surface area contributed by atoms with Gasteiger partial charge in [-0.3, -0.25) is 9.59 Å². The third kappa shape index (κ3) is 2.35. The van der Waals surface area contributed by atoms with E-state index in [-0.39, 0.29) is 18.5 Å². The van der Waals surface area contributed by atoms with Gasteiger partial charge in [0, 0.05) is 19.1 Å². The molecular formula is C11H18N2O3. The Balaban J connectivity index is 2.06. The molecule has 5 nitrogen and oxygen atoms in total. The summed E-state index contributed by atoms with van der Waals surface area (Å²) in [6.07, 6.45) is 4.36. The van der Waals surface area contributed by atoms with Gasteiger partial charge < -0.3 is 15.3 Å². The van der Waals surface area contributed by atoms with Gasteiger partial charge in [0.05, 0.1) is 12.5 Å². The standard InChI is InChI=1S/C11H18N2O3/c14-10-6-12-5-8(11(15)16)7-13(10)9-3-1-2-4-9/h8-9,12H,1-7H2,(H,15,16). The molecule has 90 valence electrons. The first kappa shape index (κ1) is 11.4. The first-order valence-corrected chi connectivity index (χ1v) is 5.91. The minimum atomic E-state index is -0.815. The number of rotatable bonds is 2. The average Bonchev–Trinajstić information content (AvgIpc) is 2.69. The Labute approximate surface area is 94.8 Å². The number of carboxylic acids is 1. The number of hydrogen-bond donors (Lipinski definition) is 2. The molecule has 1 aliphatic carbocycles. The SMILES string of the molecule is O=C(O)C1CNCC(=O)N(C2CCCC2)C1. The highest BCUT2D eigenvalue weighted by Gasteiger charge is 2.32. The number of hydrogen-bond acceptors (Lipinski definition) is 3. The number of carboxylic acid groups (broad SMARTS) is 1. The van der Waals surface area contributed by atoms with Crippen LogP contribution in [0.4, 0.5) is 0 Å². The second kappa shape index (κ2) is 4.82. The van der Waals surface area contributed by atoms with Crippen LogP contribution in [0.5, 0.6) is 0 Å². The van der Waals surface area contributed by atoms with Crippen molar-refractivity contribution in [1.82, 2.24) is 10.2 Å². The van der Waals surface area contributed by atoms with E-state index in [1.165, 1.54) is 0 Å². The average molecular weight is 226 g/mol. The Bertz CT molecular complexity index is 287. The van der Waals surface area contributed by atoms with Crippen LogP contribution in [0.15, 0.2) is 0 Å². The van der Waals surface area contributed by atoms with Gasteiger partial charge in [-0.2, -0.15) is 0 Å². The lowest BCUT2D eigenvalue weighted by molar-refractivity contribution is -0.143. The van der Waals surface area contributed by atoms with Crippen LogP contribution >= 0.6 is 0 Å². The third-order valence-electron chi connectivity index (χ3n) is 3.52. The van der Waals surface area contributed by atoms with E-state index >= 15 is 0 Å². The summed E-state index contributed by atoms with van der Waals surface area (Å²) in [5.41, 5.74) is 0.